The largest absolute Gasteiger partial charge is 0.439 e. The second-order valence-electron chi connectivity index (χ2n) is 7.63. The van der Waals surface area contributed by atoms with Gasteiger partial charge in [0.2, 0.25) is 5.89 Å². The van der Waals surface area contributed by atoms with E-state index in [1.54, 1.807) is 6.20 Å². The second kappa shape index (κ2) is 9.26. The molecule has 2 fully saturated rings. The molecule has 152 valence electrons. The van der Waals surface area contributed by atoms with Crippen molar-refractivity contribution in [1.82, 2.24) is 15.2 Å². The molecule has 2 aliphatic heterocycles. The lowest BCUT2D eigenvalue weighted by molar-refractivity contribution is 0.156. The van der Waals surface area contributed by atoms with E-state index in [9.17, 15) is 0 Å². The van der Waals surface area contributed by atoms with Crippen LogP contribution >= 0.6 is 24.0 Å². The highest BCUT2D eigenvalue weighted by Crippen LogP contribution is 2.38. The minimum atomic E-state index is 0. The molecule has 1 spiro atoms. The molecule has 1 atom stereocenters. The van der Waals surface area contributed by atoms with Crippen molar-refractivity contribution in [3.05, 3.63) is 41.9 Å². The number of likely N-dealkylation sites (tertiary alicyclic amines) is 1. The van der Waals surface area contributed by atoms with Crippen molar-refractivity contribution in [1.29, 1.82) is 0 Å². The summed E-state index contributed by atoms with van der Waals surface area (Å²) in [7, 11) is 0. The molecule has 6 nitrogen and oxygen atoms in total. The highest BCUT2D eigenvalue weighted by Gasteiger charge is 2.42. The van der Waals surface area contributed by atoms with Crippen LogP contribution in [0.4, 0.5) is 0 Å². The summed E-state index contributed by atoms with van der Waals surface area (Å²) < 4.78 is 11.5. The van der Waals surface area contributed by atoms with E-state index in [4.69, 9.17) is 14.1 Å². The third-order valence-corrected chi connectivity index (χ3v) is 5.51. The summed E-state index contributed by atoms with van der Waals surface area (Å²) in [5.74, 6) is 2.36. The third kappa shape index (κ3) is 4.68. The maximum Gasteiger partial charge on any atom is 0.216 e. The van der Waals surface area contributed by atoms with Gasteiger partial charge in [-0.2, -0.15) is 0 Å². The number of halogens is 1. The zero-order valence-corrected chi connectivity index (χ0v) is 18.9. The van der Waals surface area contributed by atoms with E-state index in [1.165, 1.54) is 12.0 Å². The lowest BCUT2D eigenvalue weighted by atomic mass is 9.87. The summed E-state index contributed by atoms with van der Waals surface area (Å²) in [4.78, 5) is 11.5. The van der Waals surface area contributed by atoms with E-state index < -0.39 is 0 Å². The van der Waals surface area contributed by atoms with Gasteiger partial charge in [-0.15, -0.1) is 24.0 Å². The van der Waals surface area contributed by atoms with E-state index in [1.807, 2.05) is 0 Å². The SMILES string of the molecule is CCNC(=NCc1ncc(-c2ccc(C)cc2)o1)N1CCC2(CCOC2)C1.I. The van der Waals surface area contributed by atoms with Gasteiger partial charge in [-0.05, 0) is 26.7 Å². The number of rotatable bonds is 4. The maximum absolute atomic E-state index is 5.91. The van der Waals surface area contributed by atoms with Crippen LogP contribution in [-0.4, -0.2) is 48.7 Å². The third-order valence-electron chi connectivity index (χ3n) is 5.51. The first-order valence-electron chi connectivity index (χ1n) is 9.80. The fraction of sp³-hybridized carbons (Fsp3) is 0.524. The maximum atomic E-state index is 5.91. The first-order valence-corrected chi connectivity index (χ1v) is 9.80. The number of oxazole rings is 1. The number of ether oxygens (including phenoxy) is 1. The Labute approximate surface area is 183 Å². The molecule has 1 N–H and O–H groups in total. The van der Waals surface area contributed by atoms with E-state index >= 15 is 0 Å². The molecular weight excluding hydrogens is 467 g/mol. The van der Waals surface area contributed by atoms with Crippen molar-refractivity contribution in [2.75, 3.05) is 32.8 Å². The predicted octanol–water partition coefficient (Wildman–Crippen LogP) is 3.85. The van der Waals surface area contributed by atoms with Gasteiger partial charge in [-0.25, -0.2) is 9.98 Å². The van der Waals surface area contributed by atoms with Gasteiger partial charge in [0.1, 0.15) is 6.54 Å². The van der Waals surface area contributed by atoms with Gasteiger partial charge >= 0.3 is 0 Å². The van der Waals surface area contributed by atoms with Crippen LogP contribution in [0.25, 0.3) is 11.3 Å². The molecule has 3 heterocycles. The molecule has 0 bridgehead atoms. The van der Waals surface area contributed by atoms with E-state index in [2.05, 4.69) is 53.3 Å². The molecule has 0 radical (unpaired) electrons. The number of aliphatic imine (C=N–C) groups is 1. The lowest BCUT2D eigenvalue weighted by Gasteiger charge is -2.24. The Morgan fingerprint density at radius 2 is 2.11 bits per heavy atom. The van der Waals surface area contributed by atoms with Crippen molar-refractivity contribution in [2.45, 2.75) is 33.2 Å². The topological polar surface area (TPSA) is 62.9 Å². The van der Waals surface area contributed by atoms with Crippen LogP contribution in [0.3, 0.4) is 0 Å². The van der Waals surface area contributed by atoms with Crippen LogP contribution in [-0.2, 0) is 11.3 Å². The fourth-order valence-corrected chi connectivity index (χ4v) is 3.89. The molecule has 1 aromatic carbocycles. The minimum Gasteiger partial charge on any atom is -0.439 e. The molecule has 0 amide bonds. The summed E-state index contributed by atoms with van der Waals surface area (Å²) in [5, 5.41) is 3.41. The van der Waals surface area contributed by atoms with Crippen LogP contribution in [0.2, 0.25) is 0 Å². The lowest BCUT2D eigenvalue weighted by Crippen LogP contribution is -2.41. The Balaban J connectivity index is 0.00000225. The van der Waals surface area contributed by atoms with E-state index in [-0.39, 0.29) is 24.0 Å². The highest BCUT2D eigenvalue weighted by atomic mass is 127. The Morgan fingerprint density at radius 3 is 2.82 bits per heavy atom. The van der Waals surface area contributed by atoms with Crippen LogP contribution in [0.15, 0.2) is 39.9 Å². The smallest absolute Gasteiger partial charge is 0.216 e. The van der Waals surface area contributed by atoms with E-state index in [0.717, 1.165) is 56.6 Å². The van der Waals surface area contributed by atoms with Crippen molar-refractivity contribution < 1.29 is 9.15 Å². The molecule has 7 heteroatoms. The van der Waals surface area contributed by atoms with Gasteiger partial charge in [0.15, 0.2) is 11.7 Å². The van der Waals surface area contributed by atoms with Crippen LogP contribution in [0, 0.1) is 12.3 Å². The van der Waals surface area contributed by atoms with Crippen LogP contribution in [0.1, 0.15) is 31.2 Å². The summed E-state index contributed by atoms with van der Waals surface area (Å²) in [6.07, 6.45) is 4.11. The van der Waals surface area contributed by atoms with Crippen molar-refractivity contribution >= 4 is 29.9 Å². The van der Waals surface area contributed by atoms with Gasteiger partial charge in [0, 0.05) is 37.2 Å². The Kier molecular flexibility index (Phi) is 6.98. The summed E-state index contributed by atoms with van der Waals surface area (Å²) >= 11 is 0. The summed E-state index contributed by atoms with van der Waals surface area (Å²) in [6.45, 7) is 9.26. The number of hydrogen-bond acceptors (Lipinski definition) is 4. The zero-order chi connectivity index (χ0) is 18.7. The number of benzene rings is 1. The van der Waals surface area contributed by atoms with Crippen LogP contribution < -0.4 is 5.32 Å². The molecule has 28 heavy (non-hydrogen) atoms. The normalized spacial score (nSPS) is 21.9. The van der Waals surface area contributed by atoms with Gasteiger partial charge in [0.25, 0.3) is 0 Å². The summed E-state index contributed by atoms with van der Waals surface area (Å²) in [5.41, 5.74) is 2.59. The van der Waals surface area contributed by atoms with Gasteiger partial charge in [-0.3, -0.25) is 0 Å². The molecule has 4 rings (SSSR count). The van der Waals surface area contributed by atoms with Crippen molar-refractivity contribution in [3.8, 4) is 11.3 Å². The second-order valence-corrected chi connectivity index (χ2v) is 7.63. The van der Waals surface area contributed by atoms with Gasteiger partial charge in [0.05, 0.1) is 12.8 Å². The molecule has 1 unspecified atom stereocenters. The number of aryl methyl sites for hydroxylation is 1. The van der Waals surface area contributed by atoms with Crippen LogP contribution in [0.5, 0.6) is 0 Å². The Bertz CT molecular complexity index is 797. The average molecular weight is 496 g/mol. The monoisotopic (exact) mass is 496 g/mol. The van der Waals surface area contributed by atoms with Gasteiger partial charge in [-0.1, -0.05) is 29.8 Å². The standard InChI is InChI=1S/C21H28N4O2.HI/c1-3-22-20(25-10-8-21(14-25)9-11-26-15-21)24-13-19-23-12-18(27-19)17-6-4-16(2)5-7-17;/h4-7,12H,3,8-11,13-15H2,1-2H3,(H,22,24);1H. The van der Waals surface area contributed by atoms with E-state index in [0.29, 0.717) is 17.9 Å². The molecule has 1 aromatic heterocycles. The summed E-state index contributed by atoms with van der Waals surface area (Å²) in [6, 6.07) is 8.27. The highest BCUT2D eigenvalue weighted by molar-refractivity contribution is 14.0. The first kappa shape index (κ1) is 21.1. The average Bonchev–Trinajstić information content (AvgIpc) is 3.42. The minimum absolute atomic E-state index is 0. The van der Waals surface area contributed by atoms with Gasteiger partial charge < -0.3 is 19.4 Å². The zero-order valence-electron chi connectivity index (χ0n) is 16.6. The first-order chi connectivity index (χ1) is 13.2. The molecule has 2 aliphatic rings. The predicted molar refractivity (Wildman–Crippen MR) is 121 cm³/mol. The molecule has 2 aromatic rings. The molecule has 0 saturated carbocycles. The number of nitrogens with one attached hydrogen (secondary N) is 1. The van der Waals surface area contributed by atoms with Crippen molar-refractivity contribution in [2.24, 2.45) is 10.4 Å². The van der Waals surface area contributed by atoms with Crippen molar-refractivity contribution in [3.63, 3.8) is 0 Å². The number of nitrogens with zero attached hydrogens (tertiary/aromatic N) is 3. The fourth-order valence-electron chi connectivity index (χ4n) is 3.89. The number of aromatic nitrogens is 1. The molecule has 2 saturated heterocycles. The Morgan fingerprint density at radius 1 is 1.29 bits per heavy atom. The number of hydrogen-bond donors (Lipinski definition) is 1. The molecular formula is C21H29IN4O2. The number of guanidine groups is 1. The molecule has 0 aliphatic carbocycles. The quantitative estimate of drug-likeness (QED) is 0.396. The Hall–Kier alpha value is -1.61.